The number of hydroxylamine groups is 2. The highest BCUT2D eigenvalue weighted by Gasteiger charge is 2.09. The molecule has 5 nitrogen and oxygen atoms in total. The van der Waals surface area contributed by atoms with E-state index < -0.39 is 0 Å². The van der Waals surface area contributed by atoms with Crippen molar-refractivity contribution in [1.82, 2.24) is 15.0 Å². The van der Waals surface area contributed by atoms with Gasteiger partial charge in [-0.3, -0.25) is 9.90 Å². The fourth-order valence-electron chi connectivity index (χ4n) is 0.965. The molecule has 0 atom stereocenters. The van der Waals surface area contributed by atoms with Gasteiger partial charge in [0.1, 0.15) is 5.82 Å². The molecule has 0 unspecified atom stereocenters. The van der Waals surface area contributed by atoms with Gasteiger partial charge < -0.3 is 5.32 Å². The number of aromatic nitrogens is 2. The molecular weight excluding hydrogens is 216 g/mol. The van der Waals surface area contributed by atoms with Gasteiger partial charge in [0.25, 0.3) is 0 Å². The Morgan fingerprint density at radius 1 is 1.60 bits per heavy atom. The Hall–Kier alpha value is -1.33. The molecule has 1 heterocycles. The van der Waals surface area contributed by atoms with Crippen LogP contribution < -0.4 is 5.32 Å². The predicted octanol–water partition coefficient (Wildman–Crippen LogP) is 1.64. The number of rotatable bonds is 4. The van der Waals surface area contributed by atoms with E-state index >= 15 is 0 Å². The van der Waals surface area contributed by atoms with Gasteiger partial charge in [-0.2, -0.15) is 0 Å². The molecule has 6 heteroatoms. The molecule has 1 aromatic heterocycles. The van der Waals surface area contributed by atoms with Crippen molar-refractivity contribution >= 4 is 23.1 Å². The predicted molar refractivity (Wildman–Crippen MR) is 60.4 cm³/mol. The summed E-state index contributed by atoms with van der Waals surface area (Å²) in [6.07, 6.45) is 0. The molecule has 1 N–H and O–H groups in total. The summed E-state index contributed by atoms with van der Waals surface area (Å²) in [5.74, 6) is 0.635. The smallest absolute Gasteiger partial charge is 0.224 e. The Bertz CT molecular complexity index is 369. The Morgan fingerprint density at radius 3 is 2.80 bits per heavy atom. The molecule has 0 aliphatic carbocycles. The van der Waals surface area contributed by atoms with E-state index in [0.717, 1.165) is 0 Å². The molecule has 0 saturated carbocycles. The van der Waals surface area contributed by atoms with Crippen molar-refractivity contribution in [2.24, 2.45) is 0 Å². The van der Waals surface area contributed by atoms with Crippen molar-refractivity contribution in [3.8, 4) is 0 Å². The highest BCUT2D eigenvalue weighted by atomic mass is 35.5. The van der Waals surface area contributed by atoms with Crippen LogP contribution in [0.15, 0.2) is 12.6 Å². The topological polar surface area (TPSA) is 50.3 Å². The molecule has 0 saturated heterocycles. The number of halogens is 1. The van der Waals surface area contributed by atoms with Gasteiger partial charge in [-0.25, -0.2) is 9.97 Å². The molecule has 0 radical (unpaired) electrons. The standard InChI is InChI=1S/C9H13ClN4O/c1-6(14(3)15-4)7-5-8(11-2)13-9(10)12-7/h5H,1H2,2-4H3,(H,11,12,13). The number of hydrogen-bond donors (Lipinski definition) is 1. The summed E-state index contributed by atoms with van der Waals surface area (Å²) in [5, 5.41) is 4.55. The van der Waals surface area contributed by atoms with Crippen LogP contribution in [0.5, 0.6) is 0 Å². The van der Waals surface area contributed by atoms with Crippen molar-refractivity contribution in [3.05, 3.63) is 23.6 Å². The molecule has 1 aromatic rings. The minimum atomic E-state index is 0.169. The summed E-state index contributed by atoms with van der Waals surface area (Å²) in [7, 11) is 5.04. The SMILES string of the molecule is C=C(c1cc(NC)nc(Cl)n1)N(C)OC. The molecule has 0 aliphatic rings. The Labute approximate surface area is 93.7 Å². The summed E-state index contributed by atoms with van der Waals surface area (Å²) in [5.41, 5.74) is 1.22. The first-order valence-electron chi connectivity index (χ1n) is 4.28. The molecular formula is C9H13ClN4O. The van der Waals surface area contributed by atoms with Gasteiger partial charge in [-0.05, 0) is 11.6 Å². The first-order chi connectivity index (χ1) is 7.08. The minimum Gasteiger partial charge on any atom is -0.373 e. The highest BCUT2D eigenvalue weighted by Crippen LogP contribution is 2.18. The lowest BCUT2D eigenvalue weighted by molar-refractivity contribution is -0.0526. The summed E-state index contributed by atoms with van der Waals surface area (Å²) >= 11 is 5.76. The lowest BCUT2D eigenvalue weighted by Gasteiger charge is -2.18. The van der Waals surface area contributed by atoms with Crippen LogP contribution in [0.3, 0.4) is 0 Å². The van der Waals surface area contributed by atoms with Crippen LogP contribution >= 0.6 is 11.6 Å². The van der Waals surface area contributed by atoms with Gasteiger partial charge >= 0.3 is 0 Å². The first kappa shape index (κ1) is 11.7. The van der Waals surface area contributed by atoms with E-state index in [2.05, 4.69) is 21.9 Å². The zero-order valence-corrected chi connectivity index (χ0v) is 9.67. The molecule has 0 bridgehead atoms. The van der Waals surface area contributed by atoms with E-state index in [-0.39, 0.29) is 5.28 Å². The third-order valence-electron chi connectivity index (χ3n) is 1.90. The quantitative estimate of drug-likeness (QED) is 0.627. The maximum absolute atomic E-state index is 5.76. The Morgan fingerprint density at radius 2 is 2.27 bits per heavy atom. The van der Waals surface area contributed by atoms with Gasteiger partial charge in [0.05, 0.1) is 18.5 Å². The van der Waals surface area contributed by atoms with E-state index in [4.69, 9.17) is 16.4 Å². The van der Waals surface area contributed by atoms with Crippen LogP contribution in [0.2, 0.25) is 5.28 Å². The highest BCUT2D eigenvalue weighted by molar-refractivity contribution is 6.28. The number of nitrogens with zero attached hydrogens (tertiary/aromatic N) is 3. The van der Waals surface area contributed by atoms with E-state index in [1.165, 1.54) is 5.06 Å². The van der Waals surface area contributed by atoms with Crippen molar-refractivity contribution in [1.29, 1.82) is 0 Å². The van der Waals surface area contributed by atoms with Crippen molar-refractivity contribution in [2.45, 2.75) is 0 Å². The molecule has 0 fully saturated rings. The largest absolute Gasteiger partial charge is 0.373 e. The molecule has 1 rings (SSSR count). The molecule has 0 spiro atoms. The number of anilines is 1. The first-order valence-corrected chi connectivity index (χ1v) is 4.65. The third kappa shape index (κ3) is 2.81. The molecule has 0 aromatic carbocycles. The second kappa shape index (κ2) is 4.95. The number of hydrogen-bond acceptors (Lipinski definition) is 5. The van der Waals surface area contributed by atoms with Gasteiger partial charge in [-0.15, -0.1) is 0 Å². The minimum absolute atomic E-state index is 0.169. The van der Waals surface area contributed by atoms with E-state index in [1.807, 2.05) is 0 Å². The van der Waals surface area contributed by atoms with Crippen molar-refractivity contribution < 1.29 is 4.84 Å². The van der Waals surface area contributed by atoms with Gasteiger partial charge in [-0.1, -0.05) is 6.58 Å². The zero-order valence-electron chi connectivity index (χ0n) is 8.91. The van der Waals surface area contributed by atoms with Crippen molar-refractivity contribution in [2.75, 3.05) is 26.5 Å². The average molecular weight is 229 g/mol. The molecule has 15 heavy (non-hydrogen) atoms. The van der Waals surface area contributed by atoms with Crippen LogP contribution in [0.25, 0.3) is 5.70 Å². The molecule has 0 aliphatic heterocycles. The van der Waals surface area contributed by atoms with E-state index in [0.29, 0.717) is 17.2 Å². The van der Waals surface area contributed by atoms with Crippen LogP contribution in [0, 0.1) is 0 Å². The van der Waals surface area contributed by atoms with Gasteiger partial charge in [0.15, 0.2) is 0 Å². The maximum atomic E-state index is 5.76. The van der Waals surface area contributed by atoms with Crippen LogP contribution in [-0.4, -0.2) is 36.2 Å². The Kier molecular flexibility index (Phi) is 3.88. The number of nitrogens with one attached hydrogen (secondary N) is 1. The summed E-state index contributed by atoms with van der Waals surface area (Å²) < 4.78 is 0. The Balaban J connectivity index is 3.03. The second-order valence-corrected chi connectivity index (χ2v) is 3.12. The molecule has 82 valence electrons. The summed E-state index contributed by atoms with van der Waals surface area (Å²) in [6.45, 7) is 3.84. The van der Waals surface area contributed by atoms with Gasteiger partial charge in [0, 0.05) is 20.2 Å². The van der Waals surface area contributed by atoms with Crippen LogP contribution in [0.4, 0.5) is 5.82 Å². The monoisotopic (exact) mass is 228 g/mol. The van der Waals surface area contributed by atoms with Crippen molar-refractivity contribution in [3.63, 3.8) is 0 Å². The summed E-state index contributed by atoms with van der Waals surface area (Å²) in [4.78, 5) is 13.0. The van der Waals surface area contributed by atoms with Crippen LogP contribution in [-0.2, 0) is 4.84 Å². The lowest BCUT2D eigenvalue weighted by Crippen LogP contribution is -2.15. The lowest BCUT2D eigenvalue weighted by atomic mass is 10.3. The fraction of sp³-hybridized carbons (Fsp3) is 0.333. The fourth-order valence-corrected chi connectivity index (χ4v) is 1.15. The molecule has 0 amide bonds. The van der Waals surface area contributed by atoms with Gasteiger partial charge in [0.2, 0.25) is 5.28 Å². The third-order valence-corrected chi connectivity index (χ3v) is 2.07. The summed E-state index contributed by atoms with van der Waals surface area (Å²) in [6, 6.07) is 1.74. The maximum Gasteiger partial charge on any atom is 0.224 e. The van der Waals surface area contributed by atoms with Crippen LogP contribution in [0.1, 0.15) is 5.69 Å². The average Bonchev–Trinajstić information content (AvgIpc) is 2.26. The second-order valence-electron chi connectivity index (χ2n) is 2.78. The van der Waals surface area contributed by atoms with E-state index in [1.54, 1.807) is 27.3 Å². The normalized spacial score (nSPS) is 9.87. The van der Waals surface area contributed by atoms with E-state index in [9.17, 15) is 0 Å². The zero-order chi connectivity index (χ0) is 11.4.